The first kappa shape index (κ1) is 51.0. The van der Waals surface area contributed by atoms with Crippen molar-refractivity contribution < 1.29 is 16.4 Å². The van der Waals surface area contributed by atoms with Crippen LogP contribution in [0.3, 0.4) is 0 Å². The van der Waals surface area contributed by atoms with Gasteiger partial charge in [-0.1, -0.05) is 0 Å². The van der Waals surface area contributed by atoms with Crippen LogP contribution in [-0.2, 0) is 27.2 Å². The van der Waals surface area contributed by atoms with E-state index in [4.69, 9.17) is 0 Å². The normalized spacial score (nSPS) is 16.8. The second-order valence-corrected chi connectivity index (χ2v) is 46.1. The molecule has 2 atom stereocenters. The van der Waals surface area contributed by atoms with Gasteiger partial charge >= 0.3 is 457 Å². The molecule has 8 aromatic carbocycles. The van der Waals surface area contributed by atoms with E-state index >= 15 is 0 Å². The summed E-state index contributed by atoms with van der Waals surface area (Å²) in [6.07, 6.45) is 11.4. The Balaban J connectivity index is 1.26. The molecule has 0 saturated heterocycles. The molecule has 0 amide bonds. The molecule has 0 saturated carbocycles. The number of fused-ring (bicyclic) bond motifs is 5. The van der Waals surface area contributed by atoms with Crippen LogP contribution in [-0.4, -0.2) is 9.52 Å². The fraction of sp³-hybridized carbons (Fsp3) is 0.257. The summed E-state index contributed by atoms with van der Waals surface area (Å²) in [6, 6.07) is 66.3. The van der Waals surface area contributed by atoms with Crippen molar-refractivity contribution in [3.63, 3.8) is 0 Å². The quantitative estimate of drug-likeness (QED) is 0.101. The SMILES string of the molecule is CCCCC1=Cc2c(ccc(C(C)(C)C)c2-c2ccccc2-c2ccccc2)[CH]1[Zr]([Cl])([Cl])([c]1cccc2c1[SiH2]c1ccccc1-2)[CH]1C(CCCC)=Cc2c1ccc(C(C)(C)C)c2-c1ccccc1-c1ccccc1. The predicted octanol–water partition coefficient (Wildman–Crippen LogP) is 18.3. The van der Waals surface area contributed by atoms with Crippen LogP contribution in [0.25, 0.3) is 67.8 Å². The van der Waals surface area contributed by atoms with Crippen LogP contribution in [0.1, 0.15) is 135 Å². The standard InChI is InChI=1S/2C29H31.C12H9Si.2ClH.Zr/c2*1-5-6-12-21-19-23-17-18-27(29(2,3)4)28(26(23)20-21)25-16-11-10-15-24(25)22-13-8-7-9-14-22;1-3-7-11-9(5-1)10-6-2-4-8-12(10)13-11;;;/h2*7-11,13-20H,5-6,12H2,1-4H3;1-7H,13H2;2*1H;/q;;;;;+2/p-2. The fourth-order valence-corrected chi connectivity index (χ4v) is 41.5. The molecule has 74 heavy (non-hydrogen) atoms. The van der Waals surface area contributed by atoms with Crippen LogP contribution in [0.4, 0.5) is 0 Å². The molecule has 0 fully saturated rings. The number of benzene rings is 8. The maximum absolute atomic E-state index is 9.79. The van der Waals surface area contributed by atoms with E-state index in [0.29, 0.717) is 0 Å². The Bertz CT molecular complexity index is 3330. The first-order valence-corrected chi connectivity index (χ1v) is 39.3. The van der Waals surface area contributed by atoms with Crippen molar-refractivity contribution in [2.24, 2.45) is 0 Å². The zero-order valence-corrected chi connectivity index (χ0v) is 50.1. The van der Waals surface area contributed by atoms with Gasteiger partial charge in [-0.05, 0) is 0 Å². The number of hydrogen-bond acceptors (Lipinski definition) is 0. The minimum absolute atomic E-state index is 0.140. The number of unbranched alkanes of at least 4 members (excludes halogenated alkanes) is 2. The summed E-state index contributed by atoms with van der Waals surface area (Å²) in [5.74, 6) is 0. The van der Waals surface area contributed by atoms with E-state index < -0.39 is 25.9 Å². The molecular formula is C70H71Cl2SiZr. The number of rotatable bonds is 13. The molecule has 4 heteroatoms. The molecule has 373 valence electrons. The van der Waals surface area contributed by atoms with Crippen LogP contribution in [0.5, 0.6) is 0 Å². The third kappa shape index (κ3) is 8.60. The van der Waals surface area contributed by atoms with Gasteiger partial charge in [-0.25, -0.2) is 0 Å². The summed E-state index contributed by atoms with van der Waals surface area (Å²) in [4.78, 5) is 0. The molecule has 0 radical (unpaired) electrons. The topological polar surface area (TPSA) is 0 Å². The molecule has 11 rings (SSSR count). The van der Waals surface area contributed by atoms with Crippen LogP contribution >= 0.6 is 17.0 Å². The van der Waals surface area contributed by atoms with Gasteiger partial charge in [0.1, 0.15) is 0 Å². The summed E-state index contributed by atoms with van der Waals surface area (Å²) in [6.45, 7) is 18.9. The summed E-state index contributed by atoms with van der Waals surface area (Å²) < 4.78 is 0.976. The van der Waals surface area contributed by atoms with Crippen LogP contribution in [0.2, 0.25) is 0 Å². The predicted molar refractivity (Wildman–Crippen MR) is 324 cm³/mol. The molecule has 0 nitrogen and oxygen atoms in total. The van der Waals surface area contributed by atoms with Crippen molar-refractivity contribution in [1.82, 2.24) is 0 Å². The average Bonchev–Trinajstić information content (AvgIpc) is 4.14. The summed E-state index contributed by atoms with van der Waals surface area (Å²) >= 11 is -5.92. The molecule has 0 aromatic heterocycles. The van der Waals surface area contributed by atoms with Gasteiger partial charge in [-0.2, -0.15) is 0 Å². The molecule has 0 bridgehead atoms. The first-order chi connectivity index (χ1) is 35.6. The van der Waals surface area contributed by atoms with E-state index in [-0.39, 0.29) is 18.1 Å². The van der Waals surface area contributed by atoms with E-state index in [1.54, 1.807) is 0 Å². The van der Waals surface area contributed by atoms with E-state index in [1.807, 2.05) is 0 Å². The minimum atomic E-state index is -5.92. The number of halogens is 2. The third-order valence-corrected chi connectivity index (χ3v) is 39.6. The Hall–Kier alpha value is -5.08. The molecule has 0 N–H and O–H groups in total. The maximum atomic E-state index is 9.79. The van der Waals surface area contributed by atoms with Crippen molar-refractivity contribution in [2.75, 3.05) is 0 Å². The third-order valence-electron chi connectivity index (χ3n) is 16.8. The Labute approximate surface area is 453 Å². The van der Waals surface area contributed by atoms with Gasteiger partial charge in [0.15, 0.2) is 0 Å². The van der Waals surface area contributed by atoms with E-state index in [0.717, 1.165) is 38.5 Å². The molecule has 2 unspecified atom stereocenters. The van der Waals surface area contributed by atoms with Crippen molar-refractivity contribution in [3.05, 3.63) is 220 Å². The first-order valence-electron chi connectivity index (χ1n) is 27.5. The number of allylic oxidation sites excluding steroid dienone is 2. The Morgan fingerprint density at radius 2 is 0.838 bits per heavy atom. The van der Waals surface area contributed by atoms with Crippen molar-refractivity contribution >= 4 is 52.3 Å². The number of hydrogen-bond donors (Lipinski definition) is 0. The monoisotopic (exact) mass is 1100 g/mol. The zero-order valence-electron chi connectivity index (χ0n) is 44.8. The van der Waals surface area contributed by atoms with Crippen molar-refractivity contribution in [3.8, 4) is 55.6 Å². The molecule has 2 aliphatic carbocycles. The summed E-state index contributed by atoms with van der Waals surface area (Å²) in [5.41, 5.74) is 23.3. The molecule has 3 aliphatic rings. The molecule has 8 aromatic rings. The second-order valence-electron chi connectivity index (χ2n) is 23.6. The van der Waals surface area contributed by atoms with Gasteiger partial charge in [0.05, 0.1) is 0 Å². The van der Waals surface area contributed by atoms with Gasteiger partial charge in [0, 0.05) is 0 Å². The van der Waals surface area contributed by atoms with Crippen LogP contribution in [0.15, 0.2) is 187 Å². The van der Waals surface area contributed by atoms with E-state index in [1.165, 1.54) is 114 Å². The Morgan fingerprint density at radius 3 is 1.28 bits per heavy atom. The van der Waals surface area contributed by atoms with Gasteiger partial charge in [-0.3, -0.25) is 0 Å². The van der Waals surface area contributed by atoms with Gasteiger partial charge in [0.25, 0.3) is 0 Å². The van der Waals surface area contributed by atoms with Crippen molar-refractivity contribution in [1.29, 1.82) is 0 Å². The van der Waals surface area contributed by atoms with Crippen LogP contribution < -0.4 is 13.6 Å². The van der Waals surface area contributed by atoms with Crippen LogP contribution in [0, 0.1) is 0 Å². The molecule has 1 heterocycles. The van der Waals surface area contributed by atoms with E-state index in [9.17, 15) is 17.0 Å². The average molecular weight is 1100 g/mol. The van der Waals surface area contributed by atoms with E-state index in [2.05, 4.69) is 243 Å². The fourth-order valence-electron chi connectivity index (χ4n) is 13.5. The Kier molecular flexibility index (Phi) is 13.7. The van der Waals surface area contributed by atoms with Gasteiger partial charge < -0.3 is 0 Å². The molecule has 1 aliphatic heterocycles. The molecule has 0 spiro atoms. The summed E-state index contributed by atoms with van der Waals surface area (Å²) in [7, 11) is 18.6. The van der Waals surface area contributed by atoms with Gasteiger partial charge in [0.2, 0.25) is 0 Å². The second kappa shape index (κ2) is 19.8. The van der Waals surface area contributed by atoms with Gasteiger partial charge in [-0.15, -0.1) is 0 Å². The van der Waals surface area contributed by atoms with Crippen molar-refractivity contribution in [2.45, 2.75) is 112 Å². The zero-order chi connectivity index (χ0) is 51.6. The molecular weight excluding hydrogens is 1030 g/mol. The summed E-state index contributed by atoms with van der Waals surface area (Å²) in [5, 5.41) is 2.96. The Morgan fingerprint density at radius 1 is 0.432 bits per heavy atom.